The first-order chi connectivity index (χ1) is 32.0. The zero-order chi connectivity index (χ0) is 50.0. The molecule has 15 heteroatoms. The number of esters is 3. The highest BCUT2D eigenvalue weighted by atomic mass is 16.6. The predicted molar refractivity (Wildman–Crippen MR) is 249 cm³/mol. The molecule has 4 aliphatic rings. The zero-order valence-corrected chi connectivity index (χ0v) is 41.3. The average molecular weight is 946 g/mol. The van der Waals surface area contributed by atoms with E-state index in [1.807, 2.05) is 6.92 Å². The van der Waals surface area contributed by atoms with E-state index in [9.17, 15) is 29.4 Å². The van der Waals surface area contributed by atoms with Crippen molar-refractivity contribution in [3.63, 3.8) is 0 Å². The number of hydrogen-bond donors (Lipinski definition) is 3. The molecule has 11 atom stereocenters. The molecule has 3 N–H and O–H groups in total. The molecule has 1 amide bonds. The number of nitrogens with one attached hydrogen (secondary N) is 1. The molecule has 372 valence electrons. The number of ketones is 2. The van der Waals surface area contributed by atoms with Gasteiger partial charge in [-0.25, -0.2) is 9.59 Å². The fourth-order valence-corrected chi connectivity index (χ4v) is 11.9. The molecule has 0 spiro atoms. The molecule has 68 heavy (non-hydrogen) atoms. The lowest BCUT2D eigenvalue weighted by Gasteiger charge is -2.69. The molecule has 6 rings (SSSR count). The maximum Gasteiger partial charge on any atom is 0.408 e. The lowest BCUT2D eigenvalue weighted by atomic mass is 9.41. The summed E-state index contributed by atoms with van der Waals surface area (Å²) in [6, 6.07) is 15.7. The third-order valence-corrected chi connectivity index (χ3v) is 15.1. The van der Waals surface area contributed by atoms with Gasteiger partial charge in [-0.1, -0.05) is 101 Å². The van der Waals surface area contributed by atoms with E-state index in [0.717, 1.165) is 19.3 Å². The molecule has 1 aliphatic heterocycles. The van der Waals surface area contributed by atoms with Crippen LogP contribution in [0.5, 0.6) is 0 Å². The van der Waals surface area contributed by atoms with Crippen molar-refractivity contribution in [2.75, 3.05) is 20.3 Å². The molecule has 0 radical (unpaired) electrons. The van der Waals surface area contributed by atoms with Crippen LogP contribution in [0.2, 0.25) is 0 Å². The molecule has 1 heterocycles. The molecule has 0 aromatic heterocycles. The van der Waals surface area contributed by atoms with E-state index in [1.54, 1.807) is 109 Å². The number of carbonyl (C=O) groups is 6. The predicted octanol–water partition coefficient (Wildman–Crippen LogP) is 7.35. The lowest BCUT2D eigenvalue weighted by Crippen LogP contribution is -2.80. The molecule has 15 nitrogen and oxygen atoms in total. The van der Waals surface area contributed by atoms with Crippen LogP contribution in [0.3, 0.4) is 0 Å². The van der Waals surface area contributed by atoms with E-state index in [4.69, 9.17) is 28.4 Å². The van der Waals surface area contributed by atoms with Crippen LogP contribution in [0.15, 0.2) is 71.8 Å². The van der Waals surface area contributed by atoms with Gasteiger partial charge in [-0.15, -0.1) is 0 Å². The van der Waals surface area contributed by atoms with Crippen molar-refractivity contribution in [2.24, 2.45) is 28.6 Å². The van der Waals surface area contributed by atoms with Crippen molar-refractivity contribution in [2.45, 2.75) is 161 Å². The Morgan fingerprint density at radius 3 is 2.16 bits per heavy atom. The van der Waals surface area contributed by atoms with Crippen LogP contribution in [-0.2, 0) is 47.6 Å². The molecule has 2 aromatic rings. The number of Topliss-reactive ketones (excluding diaryl/α,β-unsaturated/α-hetero) is 2. The van der Waals surface area contributed by atoms with Crippen molar-refractivity contribution in [1.82, 2.24) is 5.32 Å². The Morgan fingerprint density at radius 2 is 1.60 bits per heavy atom. The third kappa shape index (κ3) is 9.91. The van der Waals surface area contributed by atoms with Gasteiger partial charge < -0.3 is 44.0 Å². The van der Waals surface area contributed by atoms with Gasteiger partial charge in [0, 0.05) is 62.5 Å². The number of amides is 1. The van der Waals surface area contributed by atoms with E-state index >= 15 is 9.59 Å². The van der Waals surface area contributed by atoms with Crippen molar-refractivity contribution in [3.8, 4) is 0 Å². The summed E-state index contributed by atoms with van der Waals surface area (Å²) in [6.45, 7) is 14.3. The Labute approximate surface area is 400 Å². The largest absolute Gasteiger partial charge is 0.455 e. The van der Waals surface area contributed by atoms with Crippen LogP contribution in [0.4, 0.5) is 4.79 Å². The molecule has 3 aliphatic carbocycles. The summed E-state index contributed by atoms with van der Waals surface area (Å²) < 4.78 is 36.6. The van der Waals surface area contributed by atoms with Crippen LogP contribution in [0, 0.1) is 28.6 Å². The highest BCUT2D eigenvalue weighted by molar-refractivity contribution is 5.97. The summed E-state index contributed by atoms with van der Waals surface area (Å²) in [4.78, 5) is 86.0. The van der Waals surface area contributed by atoms with E-state index in [0.29, 0.717) is 28.7 Å². The van der Waals surface area contributed by atoms with Gasteiger partial charge in [0.2, 0.25) is 6.10 Å². The number of benzene rings is 2. The third-order valence-electron chi connectivity index (χ3n) is 15.1. The van der Waals surface area contributed by atoms with Gasteiger partial charge in [-0.2, -0.15) is 0 Å². The Hall–Kier alpha value is -4.96. The minimum Gasteiger partial charge on any atom is -0.455 e. The summed E-state index contributed by atoms with van der Waals surface area (Å²) in [5.74, 6) is -6.94. The molecule has 2 aromatic carbocycles. The molecule has 2 bridgehead atoms. The summed E-state index contributed by atoms with van der Waals surface area (Å²) in [6.07, 6.45) is -3.21. The molecular weight excluding hydrogens is 875 g/mol. The van der Waals surface area contributed by atoms with Crippen LogP contribution in [0.1, 0.15) is 136 Å². The van der Waals surface area contributed by atoms with Crippen LogP contribution < -0.4 is 5.32 Å². The number of alkyl carbamates (subject to hydrolysis) is 1. The summed E-state index contributed by atoms with van der Waals surface area (Å²) in [5.41, 5.74) is -6.14. The quantitative estimate of drug-likeness (QED) is 0.0466. The SMILES string of the molecule is CCCCCCC(=O)O[C@@H](C(=O)O[C@H]1C[C@@]2(O)[C@@H](CC(=O)c3ccccc3)[C@@H]3[C@]4(OC(C)=O)CO[C@@H]4C[C@H](OC)[C@@]3(C)C(=O)[C@H](CO)C(=C1C)C2(C)C)[C@@H](NC(=O)OC(C)(C)C)c1ccccc1. The first-order valence-electron chi connectivity index (χ1n) is 24.0. The standard InChI is InChI=1S/C53H71NO14/c1-11-12-13-20-25-41(58)66-44(43(34-23-18-15-19-24-34)54-48(61)68-49(4,5)6)47(60)65-38-28-53(62)36(26-37(57)33-21-16-14-17-22-33)45-51(9,46(59)35(29-55)42(31(38)2)50(53,7)8)39(63-10)27-40-52(45,30-64-40)67-32(3)56/h14-19,21-24,35-36,38-40,43-45,55,62H,11-13,20,25-30H2,1-10H3,(H,54,61)/t35-,36+,38+,39+,40-,43+,44-,45+,51-,52+,53-/m1/s1. The first-order valence-corrected chi connectivity index (χ1v) is 24.0. The first kappa shape index (κ1) is 52.4. The van der Waals surface area contributed by atoms with Gasteiger partial charge >= 0.3 is 24.0 Å². The highest BCUT2D eigenvalue weighted by Gasteiger charge is 2.77. The Morgan fingerprint density at radius 1 is 0.956 bits per heavy atom. The van der Waals surface area contributed by atoms with Crippen molar-refractivity contribution < 1.29 is 67.4 Å². The number of carbonyl (C=O) groups excluding carboxylic acids is 6. The van der Waals surface area contributed by atoms with Crippen LogP contribution >= 0.6 is 0 Å². The van der Waals surface area contributed by atoms with Crippen molar-refractivity contribution in [1.29, 1.82) is 0 Å². The van der Waals surface area contributed by atoms with E-state index in [1.165, 1.54) is 14.0 Å². The summed E-state index contributed by atoms with van der Waals surface area (Å²) in [7, 11) is 1.46. The minimum atomic E-state index is -2.07. The molecule has 2 saturated carbocycles. The smallest absolute Gasteiger partial charge is 0.408 e. The molecule has 1 saturated heterocycles. The number of aliphatic hydroxyl groups excluding tert-OH is 1. The van der Waals surface area contributed by atoms with Gasteiger partial charge in [0.1, 0.15) is 23.9 Å². The maximum absolute atomic E-state index is 15.8. The van der Waals surface area contributed by atoms with Gasteiger partial charge in [-0.05, 0) is 57.7 Å². The van der Waals surface area contributed by atoms with E-state index < -0.39 is 112 Å². The zero-order valence-electron chi connectivity index (χ0n) is 41.3. The Bertz CT molecular complexity index is 2220. The summed E-state index contributed by atoms with van der Waals surface area (Å²) >= 11 is 0. The fraction of sp³-hybridized carbons (Fsp3) is 0.623. The van der Waals surface area contributed by atoms with Crippen molar-refractivity contribution in [3.05, 3.63) is 82.9 Å². The second kappa shape index (κ2) is 20.6. The van der Waals surface area contributed by atoms with E-state index in [2.05, 4.69) is 5.32 Å². The summed E-state index contributed by atoms with van der Waals surface area (Å²) in [5, 5.41) is 28.3. The number of aliphatic hydroxyl groups is 2. The Balaban J connectivity index is 1.54. The second-order valence-corrected chi connectivity index (χ2v) is 20.8. The maximum atomic E-state index is 15.8. The van der Waals surface area contributed by atoms with Gasteiger partial charge in [-0.3, -0.25) is 19.2 Å². The highest BCUT2D eigenvalue weighted by Crippen LogP contribution is 2.67. The average Bonchev–Trinajstić information content (AvgIpc) is 3.27. The van der Waals surface area contributed by atoms with Crippen LogP contribution in [0.25, 0.3) is 0 Å². The monoisotopic (exact) mass is 945 g/mol. The van der Waals surface area contributed by atoms with E-state index in [-0.39, 0.29) is 38.1 Å². The minimum absolute atomic E-state index is 0.0208. The Kier molecular flexibility index (Phi) is 15.8. The fourth-order valence-electron chi connectivity index (χ4n) is 11.9. The van der Waals surface area contributed by atoms with Gasteiger partial charge in [0.15, 0.2) is 17.2 Å². The van der Waals surface area contributed by atoms with Gasteiger partial charge in [0.05, 0.1) is 36.3 Å². The van der Waals surface area contributed by atoms with Crippen molar-refractivity contribution >= 4 is 35.6 Å². The second-order valence-electron chi connectivity index (χ2n) is 20.8. The number of fused-ring (bicyclic) bond motifs is 5. The number of unbranched alkanes of at least 4 members (excludes halogenated alkanes) is 3. The topological polar surface area (TPSA) is 210 Å². The molecule has 0 unspecified atom stereocenters. The number of hydrogen-bond acceptors (Lipinski definition) is 14. The van der Waals surface area contributed by atoms with Gasteiger partial charge in [0.25, 0.3) is 0 Å². The number of methoxy groups -OCH3 is 1. The number of ether oxygens (including phenoxy) is 6. The molecule has 3 fully saturated rings. The van der Waals surface area contributed by atoms with Crippen LogP contribution in [-0.4, -0.2) is 107 Å². The lowest BCUT2D eigenvalue weighted by molar-refractivity contribution is -0.341. The number of rotatable bonds is 17. The molecular formula is C53H71NO14. The normalized spacial score (nSPS) is 30.4.